The number of nitrogens with one attached hydrogen (secondary N) is 1. The number of hydrogen-bond donors (Lipinski definition) is 1. The highest BCUT2D eigenvalue weighted by Crippen LogP contribution is 2.20. The largest absolute Gasteiger partial charge is 0.484 e. The lowest BCUT2D eigenvalue weighted by Gasteiger charge is -2.10. The molecule has 0 radical (unpaired) electrons. The van der Waals surface area contributed by atoms with Crippen LogP contribution in [0.15, 0.2) is 48.8 Å². The molecule has 3 rings (SSSR count). The zero-order valence-electron chi connectivity index (χ0n) is 14.4. The van der Waals surface area contributed by atoms with E-state index in [1.165, 1.54) is 34.8 Å². The summed E-state index contributed by atoms with van der Waals surface area (Å²) in [5.41, 5.74) is 1.74. The van der Waals surface area contributed by atoms with Crippen LogP contribution >= 0.6 is 0 Å². The molecule has 0 spiro atoms. The molecular weight excluding hydrogens is 337 g/mol. The van der Waals surface area contributed by atoms with Crippen LogP contribution in [0.3, 0.4) is 0 Å². The number of carbonyl (C=O) groups excluding carboxylic acids is 1. The van der Waals surface area contributed by atoms with Crippen molar-refractivity contribution in [3.05, 3.63) is 60.2 Å². The summed E-state index contributed by atoms with van der Waals surface area (Å²) >= 11 is 0. The molecule has 0 fully saturated rings. The number of halogens is 1. The van der Waals surface area contributed by atoms with Crippen LogP contribution in [0.25, 0.3) is 5.69 Å². The fraction of sp³-hybridized carbons (Fsp3) is 0.222. The molecule has 26 heavy (non-hydrogen) atoms. The Labute approximate surface area is 149 Å². The second kappa shape index (κ2) is 7.73. The highest BCUT2D eigenvalue weighted by Gasteiger charge is 2.10. The molecule has 0 saturated carbocycles. The maximum atomic E-state index is 13.9. The molecule has 2 aromatic carbocycles. The number of ether oxygens (including phenoxy) is 1. The van der Waals surface area contributed by atoms with E-state index in [1.54, 1.807) is 0 Å². The topological polar surface area (TPSA) is 81.9 Å². The van der Waals surface area contributed by atoms with Gasteiger partial charge in [0.15, 0.2) is 6.61 Å². The van der Waals surface area contributed by atoms with Crippen LogP contribution in [0.1, 0.15) is 25.3 Å². The van der Waals surface area contributed by atoms with Gasteiger partial charge in [0.25, 0.3) is 5.91 Å². The van der Waals surface area contributed by atoms with Gasteiger partial charge in [-0.25, -0.2) is 9.07 Å². The fourth-order valence-electron chi connectivity index (χ4n) is 2.32. The van der Waals surface area contributed by atoms with Crippen LogP contribution in [-0.2, 0) is 4.79 Å². The van der Waals surface area contributed by atoms with Gasteiger partial charge in [0, 0.05) is 0 Å². The second-order valence-corrected chi connectivity index (χ2v) is 5.98. The van der Waals surface area contributed by atoms with E-state index in [2.05, 4.69) is 34.7 Å². The Bertz CT molecular complexity index is 879. The summed E-state index contributed by atoms with van der Waals surface area (Å²) in [5, 5.41) is 13.3. The van der Waals surface area contributed by atoms with Gasteiger partial charge in [-0.3, -0.25) is 4.79 Å². The monoisotopic (exact) mass is 355 g/mol. The van der Waals surface area contributed by atoms with Crippen molar-refractivity contribution in [1.29, 1.82) is 0 Å². The van der Waals surface area contributed by atoms with Crippen molar-refractivity contribution in [3.8, 4) is 11.4 Å². The summed E-state index contributed by atoms with van der Waals surface area (Å²) in [7, 11) is 0. The van der Waals surface area contributed by atoms with Crippen LogP contribution < -0.4 is 10.1 Å². The summed E-state index contributed by atoms with van der Waals surface area (Å²) in [6.07, 6.45) is 1.38. The first-order valence-corrected chi connectivity index (χ1v) is 8.08. The van der Waals surface area contributed by atoms with E-state index in [0.717, 1.165) is 0 Å². The second-order valence-electron chi connectivity index (χ2n) is 5.98. The lowest BCUT2D eigenvalue weighted by atomic mass is 10.0. The minimum absolute atomic E-state index is 0.0294. The summed E-state index contributed by atoms with van der Waals surface area (Å²) in [5.74, 6) is -0.0302. The SMILES string of the molecule is CC(C)c1ccc(OCC(=O)Nc2cc(-n3cnnn3)ccc2F)cc1. The zero-order chi connectivity index (χ0) is 18.5. The van der Waals surface area contributed by atoms with Gasteiger partial charge in [-0.05, 0) is 52.2 Å². The van der Waals surface area contributed by atoms with E-state index in [9.17, 15) is 9.18 Å². The molecule has 0 atom stereocenters. The molecule has 0 saturated heterocycles. The third kappa shape index (κ3) is 4.21. The Kier molecular flexibility index (Phi) is 5.21. The first-order chi connectivity index (χ1) is 12.5. The minimum Gasteiger partial charge on any atom is -0.484 e. The van der Waals surface area contributed by atoms with Gasteiger partial charge >= 0.3 is 0 Å². The number of aromatic nitrogens is 4. The van der Waals surface area contributed by atoms with Gasteiger partial charge in [-0.15, -0.1) is 5.10 Å². The number of nitrogens with zero attached hydrogens (tertiary/aromatic N) is 4. The summed E-state index contributed by atoms with van der Waals surface area (Å²) in [6, 6.07) is 11.7. The van der Waals surface area contributed by atoms with Crippen molar-refractivity contribution in [2.24, 2.45) is 0 Å². The van der Waals surface area contributed by atoms with Gasteiger partial charge in [-0.2, -0.15) is 0 Å². The Balaban J connectivity index is 1.62. The molecule has 8 heteroatoms. The van der Waals surface area contributed by atoms with Gasteiger partial charge in [0.1, 0.15) is 17.9 Å². The maximum Gasteiger partial charge on any atom is 0.262 e. The first kappa shape index (κ1) is 17.5. The van der Waals surface area contributed by atoms with E-state index in [0.29, 0.717) is 17.4 Å². The van der Waals surface area contributed by atoms with Gasteiger partial charge in [-0.1, -0.05) is 26.0 Å². The third-order valence-electron chi connectivity index (χ3n) is 3.75. The van der Waals surface area contributed by atoms with Crippen LogP contribution in [0.5, 0.6) is 5.75 Å². The molecule has 1 amide bonds. The average Bonchev–Trinajstić information content (AvgIpc) is 3.17. The molecule has 0 aliphatic rings. The maximum absolute atomic E-state index is 13.9. The summed E-state index contributed by atoms with van der Waals surface area (Å²) in [6.45, 7) is 3.97. The smallest absolute Gasteiger partial charge is 0.262 e. The van der Waals surface area contributed by atoms with E-state index in [-0.39, 0.29) is 12.3 Å². The fourth-order valence-corrected chi connectivity index (χ4v) is 2.32. The lowest BCUT2D eigenvalue weighted by Crippen LogP contribution is -2.21. The van der Waals surface area contributed by atoms with E-state index >= 15 is 0 Å². The van der Waals surface area contributed by atoms with E-state index < -0.39 is 11.7 Å². The summed E-state index contributed by atoms with van der Waals surface area (Å²) < 4.78 is 20.7. The van der Waals surface area contributed by atoms with E-state index in [4.69, 9.17) is 4.74 Å². The molecule has 0 unspecified atom stereocenters. The van der Waals surface area contributed by atoms with Crippen LogP contribution in [0.4, 0.5) is 10.1 Å². The average molecular weight is 355 g/mol. The number of anilines is 1. The Morgan fingerprint density at radius 3 is 2.65 bits per heavy atom. The number of hydrogen-bond acceptors (Lipinski definition) is 5. The van der Waals surface area contributed by atoms with Crippen molar-refractivity contribution in [3.63, 3.8) is 0 Å². The molecule has 3 aromatic rings. The molecule has 1 heterocycles. The van der Waals surface area contributed by atoms with Crippen molar-refractivity contribution in [2.45, 2.75) is 19.8 Å². The number of benzene rings is 2. The number of amides is 1. The number of tetrazole rings is 1. The lowest BCUT2D eigenvalue weighted by molar-refractivity contribution is -0.118. The quantitative estimate of drug-likeness (QED) is 0.735. The van der Waals surface area contributed by atoms with Crippen LogP contribution in [0.2, 0.25) is 0 Å². The van der Waals surface area contributed by atoms with Gasteiger partial charge in [0.2, 0.25) is 0 Å². The summed E-state index contributed by atoms with van der Waals surface area (Å²) in [4.78, 5) is 12.1. The standard InChI is InChI=1S/C18H18FN5O2/c1-12(2)13-3-6-15(7-4-13)26-10-18(25)21-17-9-14(5-8-16(17)19)24-11-20-22-23-24/h3-9,11-12H,10H2,1-2H3,(H,21,25). The van der Waals surface area contributed by atoms with Gasteiger partial charge in [0.05, 0.1) is 11.4 Å². The van der Waals surface area contributed by atoms with Gasteiger partial charge < -0.3 is 10.1 Å². The van der Waals surface area contributed by atoms with Crippen molar-refractivity contribution < 1.29 is 13.9 Å². The molecule has 0 aliphatic carbocycles. The zero-order valence-corrected chi connectivity index (χ0v) is 14.4. The van der Waals surface area contributed by atoms with Crippen LogP contribution in [0, 0.1) is 5.82 Å². The van der Waals surface area contributed by atoms with E-state index in [1.807, 2.05) is 24.3 Å². The molecule has 1 N–H and O–H groups in total. The molecule has 7 nitrogen and oxygen atoms in total. The van der Waals surface area contributed by atoms with Crippen molar-refractivity contribution >= 4 is 11.6 Å². The minimum atomic E-state index is -0.559. The Hall–Kier alpha value is -3.29. The number of carbonyl (C=O) groups is 1. The number of rotatable bonds is 6. The molecule has 0 bridgehead atoms. The van der Waals surface area contributed by atoms with Crippen LogP contribution in [-0.4, -0.2) is 32.7 Å². The first-order valence-electron chi connectivity index (χ1n) is 8.08. The highest BCUT2D eigenvalue weighted by molar-refractivity contribution is 5.92. The van der Waals surface area contributed by atoms with Crippen molar-refractivity contribution in [1.82, 2.24) is 20.2 Å². The molecule has 0 aliphatic heterocycles. The highest BCUT2D eigenvalue weighted by atomic mass is 19.1. The Morgan fingerprint density at radius 1 is 1.23 bits per heavy atom. The molecule has 1 aromatic heterocycles. The third-order valence-corrected chi connectivity index (χ3v) is 3.75. The van der Waals surface area contributed by atoms with Crippen molar-refractivity contribution in [2.75, 3.05) is 11.9 Å². The molecule has 134 valence electrons. The Morgan fingerprint density at radius 2 is 2.00 bits per heavy atom. The predicted molar refractivity (Wildman–Crippen MR) is 93.8 cm³/mol. The predicted octanol–water partition coefficient (Wildman–Crippen LogP) is 2.94. The normalized spacial score (nSPS) is 10.8. The molecular formula is C18H18FN5O2.